The second-order valence-electron chi connectivity index (χ2n) is 7.33. The van der Waals surface area contributed by atoms with Crippen LogP contribution in [0, 0.1) is 25.2 Å². The van der Waals surface area contributed by atoms with Gasteiger partial charge in [-0.1, -0.05) is 12.5 Å². The summed E-state index contributed by atoms with van der Waals surface area (Å²) in [5.74, 6) is -1.26. The van der Waals surface area contributed by atoms with Crippen LogP contribution in [0.1, 0.15) is 40.7 Å². The van der Waals surface area contributed by atoms with Crippen molar-refractivity contribution in [2.24, 2.45) is 11.3 Å². The second kappa shape index (κ2) is 6.63. The summed E-state index contributed by atoms with van der Waals surface area (Å²) >= 11 is 0. The largest absolute Gasteiger partial charge is 0.481 e. The van der Waals surface area contributed by atoms with Crippen LogP contribution in [0.15, 0.2) is 12.1 Å². The zero-order valence-electron chi connectivity index (χ0n) is 15.3. The van der Waals surface area contributed by atoms with Crippen molar-refractivity contribution in [3.63, 3.8) is 0 Å². The number of hydrogen-bond donors (Lipinski definition) is 2. The Morgan fingerprint density at radius 2 is 2.00 bits per heavy atom. The molecule has 1 aliphatic heterocycles. The zero-order chi connectivity index (χ0) is 19.1. The fourth-order valence-electron chi connectivity index (χ4n) is 4.30. The van der Waals surface area contributed by atoms with E-state index in [0.717, 1.165) is 24.0 Å². The van der Waals surface area contributed by atoms with Gasteiger partial charge < -0.3 is 20.1 Å². The highest BCUT2D eigenvalue weighted by Gasteiger charge is 2.55. The summed E-state index contributed by atoms with van der Waals surface area (Å²) in [5.41, 5.74) is 1.72. The smallest absolute Gasteiger partial charge is 0.338 e. The average molecular weight is 360 g/mol. The Hall–Kier alpha value is -2.57. The molecular weight excluding hydrogens is 336 g/mol. The monoisotopic (exact) mass is 360 g/mol. The van der Waals surface area contributed by atoms with Crippen molar-refractivity contribution in [2.75, 3.05) is 25.5 Å². The van der Waals surface area contributed by atoms with Gasteiger partial charge in [0.2, 0.25) is 0 Å². The number of hydrogen-bond acceptors (Lipinski definition) is 4. The minimum Gasteiger partial charge on any atom is -0.481 e. The molecule has 1 heterocycles. The van der Waals surface area contributed by atoms with Gasteiger partial charge in [0.25, 0.3) is 0 Å². The summed E-state index contributed by atoms with van der Waals surface area (Å²) in [6.07, 6.45) is 2.35. The molecular formula is C19H24N2O5. The van der Waals surface area contributed by atoms with Gasteiger partial charge in [0, 0.05) is 18.8 Å². The molecule has 1 aromatic carbocycles. The van der Waals surface area contributed by atoms with Gasteiger partial charge in [0.1, 0.15) is 0 Å². The third-order valence-electron chi connectivity index (χ3n) is 5.80. The van der Waals surface area contributed by atoms with Gasteiger partial charge in [-0.05, 0) is 49.8 Å². The lowest BCUT2D eigenvalue weighted by atomic mass is 9.81. The number of urea groups is 1. The number of carbonyl (C=O) groups is 3. The number of rotatable bonds is 3. The van der Waals surface area contributed by atoms with E-state index in [9.17, 15) is 19.5 Å². The first kappa shape index (κ1) is 18.2. The molecule has 1 aromatic rings. The Morgan fingerprint density at radius 3 is 2.62 bits per heavy atom. The number of anilines is 1. The van der Waals surface area contributed by atoms with Crippen LogP contribution in [0.4, 0.5) is 10.5 Å². The van der Waals surface area contributed by atoms with Crippen molar-refractivity contribution in [3.8, 4) is 0 Å². The third kappa shape index (κ3) is 2.91. The molecule has 1 saturated heterocycles. The maximum atomic E-state index is 12.7. The molecule has 0 spiro atoms. The number of ether oxygens (including phenoxy) is 1. The van der Waals surface area contributed by atoms with E-state index in [1.54, 1.807) is 11.0 Å². The third-order valence-corrected chi connectivity index (χ3v) is 5.80. The minimum atomic E-state index is -0.810. The highest BCUT2D eigenvalue weighted by atomic mass is 16.5. The van der Waals surface area contributed by atoms with E-state index in [1.807, 2.05) is 19.9 Å². The SMILES string of the molecule is COC(=O)c1cc(NC(=O)N2C[C@@H]3CCC[C@@]3(C(=O)O)C2)c(C)cc1C. The van der Waals surface area contributed by atoms with Crippen LogP contribution in [-0.2, 0) is 9.53 Å². The molecule has 1 aliphatic carbocycles. The molecule has 0 radical (unpaired) electrons. The average Bonchev–Trinajstić information content (AvgIpc) is 3.15. The summed E-state index contributed by atoms with van der Waals surface area (Å²) < 4.78 is 4.78. The molecule has 0 unspecified atom stereocenters. The zero-order valence-corrected chi connectivity index (χ0v) is 15.3. The molecule has 2 amide bonds. The Balaban J connectivity index is 1.79. The molecule has 2 N–H and O–H groups in total. The van der Waals surface area contributed by atoms with Crippen LogP contribution >= 0.6 is 0 Å². The number of nitrogens with zero attached hydrogens (tertiary/aromatic N) is 1. The molecule has 1 saturated carbocycles. The van der Waals surface area contributed by atoms with E-state index in [1.165, 1.54) is 7.11 Å². The van der Waals surface area contributed by atoms with Crippen LogP contribution < -0.4 is 5.32 Å². The molecule has 26 heavy (non-hydrogen) atoms. The van der Waals surface area contributed by atoms with E-state index in [0.29, 0.717) is 24.2 Å². The predicted molar refractivity (Wildman–Crippen MR) is 95.3 cm³/mol. The van der Waals surface area contributed by atoms with Gasteiger partial charge in [0.15, 0.2) is 0 Å². The lowest BCUT2D eigenvalue weighted by Crippen LogP contribution is -2.38. The molecule has 0 bridgehead atoms. The number of likely N-dealkylation sites (tertiary alicyclic amines) is 1. The first-order valence-electron chi connectivity index (χ1n) is 8.77. The first-order chi connectivity index (χ1) is 12.3. The molecule has 0 aromatic heterocycles. The Bertz CT molecular complexity index is 775. The van der Waals surface area contributed by atoms with E-state index in [2.05, 4.69) is 5.32 Å². The quantitative estimate of drug-likeness (QED) is 0.808. The van der Waals surface area contributed by atoms with Gasteiger partial charge in [-0.3, -0.25) is 4.79 Å². The van der Waals surface area contributed by atoms with E-state index in [-0.39, 0.29) is 18.5 Å². The van der Waals surface area contributed by atoms with Crippen LogP contribution in [0.2, 0.25) is 0 Å². The highest BCUT2D eigenvalue weighted by molar-refractivity contribution is 5.96. The van der Waals surface area contributed by atoms with Gasteiger partial charge in [-0.25, -0.2) is 9.59 Å². The van der Waals surface area contributed by atoms with E-state index < -0.39 is 17.4 Å². The number of methoxy groups -OCH3 is 1. The van der Waals surface area contributed by atoms with Crippen molar-refractivity contribution in [3.05, 3.63) is 28.8 Å². The van der Waals surface area contributed by atoms with Gasteiger partial charge in [-0.2, -0.15) is 0 Å². The highest BCUT2D eigenvalue weighted by Crippen LogP contribution is 2.49. The Labute approximate surface area is 152 Å². The molecule has 7 heteroatoms. The number of amides is 2. The topological polar surface area (TPSA) is 95.9 Å². The normalized spacial score (nSPS) is 24.3. The molecule has 7 nitrogen and oxygen atoms in total. The number of fused-ring (bicyclic) bond motifs is 1. The van der Waals surface area contributed by atoms with Crippen LogP contribution in [-0.4, -0.2) is 48.2 Å². The second-order valence-corrected chi connectivity index (χ2v) is 7.33. The minimum absolute atomic E-state index is 0.00972. The summed E-state index contributed by atoms with van der Waals surface area (Å²) in [5, 5.41) is 12.5. The van der Waals surface area contributed by atoms with Crippen molar-refractivity contribution in [1.29, 1.82) is 0 Å². The number of benzene rings is 1. The molecule has 2 fully saturated rings. The number of carboxylic acids is 1. The number of carboxylic acid groups (broad SMARTS) is 1. The van der Waals surface area contributed by atoms with Crippen molar-refractivity contribution in [2.45, 2.75) is 33.1 Å². The first-order valence-corrected chi connectivity index (χ1v) is 8.77. The summed E-state index contributed by atoms with van der Waals surface area (Å²) in [6, 6.07) is 3.10. The number of esters is 1. The van der Waals surface area contributed by atoms with Gasteiger partial charge in [0.05, 0.1) is 18.1 Å². The fourth-order valence-corrected chi connectivity index (χ4v) is 4.30. The molecule has 2 atom stereocenters. The molecule has 2 aliphatic rings. The molecule has 140 valence electrons. The van der Waals surface area contributed by atoms with Crippen LogP contribution in [0.25, 0.3) is 0 Å². The predicted octanol–water partition coefficient (Wildman–Crippen LogP) is 2.81. The number of aryl methyl sites for hydroxylation is 2. The number of nitrogens with one attached hydrogen (secondary N) is 1. The van der Waals surface area contributed by atoms with E-state index >= 15 is 0 Å². The maximum absolute atomic E-state index is 12.7. The van der Waals surface area contributed by atoms with Gasteiger partial charge >= 0.3 is 18.0 Å². The lowest BCUT2D eigenvalue weighted by Gasteiger charge is -2.23. The summed E-state index contributed by atoms with van der Waals surface area (Å²) in [7, 11) is 1.31. The molecule has 3 rings (SSSR count). The maximum Gasteiger partial charge on any atom is 0.338 e. The summed E-state index contributed by atoms with van der Waals surface area (Å²) in [6.45, 7) is 4.34. The number of aliphatic carboxylic acids is 1. The van der Waals surface area contributed by atoms with Crippen molar-refractivity contribution < 1.29 is 24.2 Å². The fraction of sp³-hybridized carbons (Fsp3) is 0.526. The summed E-state index contributed by atoms with van der Waals surface area (Å²) in [4.78, 5) is 37.9. The van der Waals surface area contributed by atoms with Crippen molar-refractivity contribution in [1.82, 2.24) is 4.90 Å². The number of carbonyl (C=O) groups excluding carboxylic acids is 2. The van der Waals surface area contributed by atoms with Crippen molar-refractivity contribution >= 4 is 23.7 Å². The van der Waals surface area contributed by atoms with Gasteiger partial charge in [-0.15, -0.1) is 0 Å². The van der Waals surface area contributed by atoms with E-state index in [4.69, 9.17) is 4.74 Å². The standard InChI is InChI=1S/C19H24N2O5/c1-11-7-12(2)15(8-14(11)16(22)26-3)20-18(25)21-9-13-5-4-6-19(13,10-21)17(23)24/h7-8,13H,4-6,9-10H2,1-3H3,(H,20,25)(H,23,24)/t13-,19+/m0/s1. The lowest BCUT2D eigenvalue weighted by molar-refractivity contribution is -0.149. The Morgan fingerprint density at radius 1 is 1.27 bits per heavy atom. The Kier molecular flexibility index (Phi) is 4.64. The van der Waals surface area contributed by atoms with Crippen LogP contribution in [0.3, 0.4) is 0 Å². The van der Waals surface area contributed by atoms with Crippen LogP contribution in [0.5, 0.6) is 0 Å².